The first-order valence-corrected chi connectivity index (χ1v) is 16.9. The van der Waals surface area contributed by atoms with Crippen molar-refractivity contribution in [3.8, 4) is 5.75 Å². The first-order chi connectivity index (χ1) is 22.3. The van der Waals surface area contributed by atoms with Crippen LogP contribution in [0.1, 0.15) is 46.3 Å². The van der Waals surface area contributed by atoms with Gasteiger partial charge in [-0.15, -0.1) is 10.2 Å². The van der Waals surface area contributed by atoms with E-state index in [0.717, 1.165) is 28.7 Å². The third kappa shape index (κ3) is 6.72. The van der Waals surface area contributed by atoms with Gasteiger partial charge in [0, 0.05) is 16.3 Å². The molecule has 46 heavy (non-hydrogen) atoms. The minimum Gasteiger partial charge on any atom is -0.507 e. The summed E-state index contributed by atoms with van der Waals surface area (Å²) in [5.41, 5.74) is 5.46. The standard InChI is InChI=1S/C36H30ClN3O4S2/c1-3-23-8-12-25(13-9-23)31-30(32(41)26-14-18-29(19-15-26)44-20-27-7-5-4-6-22(27)2)33(42)34(43)40(31)35-38-39-36(46-35)45-21-24-10-16-28(37)17-11-24/h4-19,31,41H,3,20-21H2,1-2H3/b32-30+. The Balaban J connectivity index is 1.30. The summed E-state index contributed by atoms with van der Waals surface area (Å²) >= 11 is 8.72. The zero-order chi connectivity index (χ0) is 32.2. The van der Waals surface area contributed by atoms with Crippen molar-refractivity contribution in [2.75, 3.05) is 4.90 Å². The summed E-state index contributed by atoms with van der Waals surface area (Å²) in [5.74, 6) is -0.568. The number of aliphatic hydroxyl groups is 1. The van der Waals surface area contributed by atoms with Crippen LogP contribution in [-0.2, 0) is 28.4 Å². The molecule has 0 spiro atoms. The number of anilines is 1. The smallest absolute Gasteiger partial charge is 0.301 e. The average Bonchev–Trinajstić information content (AvgIpc) is 3.65. The van der Waals surface area contributed by atoms with Crippen LogP contribution in [-0.4, -0.2) is 27.0 Å². The van der Waals surface area contributed by atoms with Crippen LogP contribution in [0.5, 0.6) is 5.75 Å². The Morgan fingerprint density at radius 3 is 2.33 bits per heavy atom. The Morgan fingerprint density at radius 1 is 0.935 bits per heavy atom. The fraction of sp³-hybridized carbons (Fsp3) is 0.167. The minimum atomic E-state index is -0.884. The van der Waals surface area contributed by atoms with Gasteiger partial charge in [-0.25, -0.2) is 0 Å². The van der Waals surface area contributed by atoms with Gasteiger partial charge in [0.1, 0.15) is 18.1 Å². The molecule has 1 saturated heterocycles. The summed E-state index contributed by atoms with van der Waals surface area (Å²) < 4.78 is 6.61. The maximum absolute atomic E-state index is 13.6. The fourth-order valence-corrected chi connectivity index (χ4v) is 7.11. The monoisotopic (exact) mass is 667 g/mol. The molecule has 1 N–H and O–H groups in total. The molecule has 0 saturated carbocycles. The van der Waals surface area contributed by atoms with Crippen LogP contribution < -0.4 is 9.64 Å². The molecular formula is C36H30ClN3O4S2. The number of nitrogens with zero attached hydrogens (tertiary/aromatic N) is 3. The molecule has 7 nitrogen and oxygen atoms in total. The van der Waals surface area contributed by atoms with Gasteiger partial charge in [-0.05, 0) is 77.6 Å². The van der Waals surface area contributed by atoms with Crippen molar-refractivity contribution in [2.24, 2.45) is 0 Å². The SMILES string of the molecule is CCc1ccc(C2/C(=C(\O)c3ccc(OCc4ccccc4C)cc3)C(=O)C(=O)N2c2nnc(SCc3ccc(Cl)cc3)s2)cc1. The lowest BCUT2D eigenvalue weighted by molar-refractivity contribution is -0.132. The molecule has 0 bridgehead atoms. The number of hydrogen-bond donors (Lipinski definition) is 1. The molecule has 0 aliphatic carbocycles. The third-order valence-corrected chi connectivity index (χ3v) is 10.2. The van der Waals surface area contributed by atoms with Gasteiger partial charge >= 0.3 is 5.91 Å². The van der Waals surface area contributed by atoms with E-state index >= 15 is 0 Å². The van der Waals surface area contributed by atoms with Crippen molar-refractivity contribution < 1.29 is 19.4 Å². The molecule has 6 rings (SSSR count). The Bertz CT molecular complexity index is 1910. The highest BCUT2D eigenvalue weighted by Gasteiger charge is 2.48. The predicted octanol–water partition coefficient (Wildman–Crippen LogP) is 8.56. The Kier molecular flexibility index (Phi) is 9.53. The first kappa shape index (κ1) is 31.5. The van der Waals surface area contributed by atoms with Crippen molar-refractivity contribution in [3.63, 3.8) is 0 Å². The van der Waals surface area contributed by atoms with Crippen LogP contribution in [0.15, 0.2) is 107 Å². The summed E-state index contributed by atoms with van der Waals surface area (Å²) in [6.45, 7) is 4.49. The molecule has 1 aliphatic rings. The van der Waals surface area contributed by atoms with Crippen molar-refractivity contribution in [2.45, 2.75) is 43.0 Å². The van der Waals surface area contributed by atoms with Crippen LogP contribution in [0.25, 0.3) is 5.76 Å². The highest BCUT2D eigenvalue weighted by atomic mass is 35.5. The van der Waals surface area contributed by atoms with Crippen molar-refractivity contribution in [1.82, 2.24) is 10.2 Å². The summed E-state index contributed by atoms with van der Waals surface area (Å²) in [4.78, 5) is 28.6. The van der Waals surface area contributed by atoms with E-state index in [0.29, 0.717) is 38.6 Å². The molecule has 2 heterocycles. The Morgan fingerprint density at radius 2 is 1.63 bits per heavy atom. The lowest BCUT2D eigenvalue weighted by atomic mass is 9.94. The molecule has 232 valence electrons. The highest BCUT2D eigenvalue weighted by molar-refractivity contribution is 8.00. The molecule has 1 atom stereocenters. The molecule has 1 amide bonds. The minimum absolute atomic E-state index is 0.00612. The van der Waals surface area contributed by atoms with E-state index in [-0.39, 0.29) is 16.5 Å². The molecular weight excluding hydrogens is 638 g/mol. The number of carbonyl (C=O) groups excluding carboxylic acids is 2. The normalized spacial score (nSPS) is 15.8. The quantitative estimate of drug-likeness (QED) is 0.0524. The molecule has 1 fully saturated rings. The number of aromatic nitrogens is 2. The number of rotatable bonds is 10. The topological polar surface area (TPSA) is 92.6 Å². The van der Waals surface area contributed by atoms with Crippen LogP contribution in [0.3, 0.4) is 0 Å². The summed E-state index contributed by atoms with van der Waals surface area (Å²) in [6.07, 6.45) is 0.837. The van der Waals surface area contributed by atoms with Gasteiger partial charge in [-0.1, -0.05) is 102 Å². The number of amides is 1. The van der Waals surface area contributed by atoms with E-state index < -0.39 is 17.7 Å². The van der Waals surface area contributed by atoms with Gasteiger partial charge in [0.25, 0.3) is 5.78 Å². The number of aliphatic hydroxyl groups excluding tert-OH is 1. The van der Waals surface area contributed by atoms with Gasteiger partial charge in [-0.3, -0.25) is 14.5 Å². The lowest BCUT2D eigenvalue weighted by Gasteiger charge is -2.22. The van der Waals surface area contributed by atoms with Crippen molar-refractivity contribution in [3.05, 3.63) is 141 Å². The Hall–Kier alpha value is -4.44. The third-order valence-electron chi connectivity index (χ3n) is 7.81. The van der Waals surface area contributed by atoms with E-state index in [9.17, 15) is 14.7 Å². The van der Waals surface area contributed by atoms with Crippen LogP contribution in [0.4, 0.5) is 5.13 Å². The summed E-state index contributed by atoms with van der Waals surface area (Å²) in [5, 5.41) is 21.1. The molecule has 10 heteroatoms. The van der Waals surface area contributed by atoms with Crippen molar-refractivity contribution in [1.29, 1.82) is 0 Å². The van der Waals surface area contributed by atoms with Gasteiger partial charge in [0.15, 0.2) is 4.34 Å². The highest BCUT2D eigenvalue weighted by Crippen LogP contribution is 2.44. The van der Waals surface area contributed by atoms with Crippen LogP contribution >= 0.6 is 34.7 Å². The summed E-state index contributed by atoms with van der Waals surface area (Å²) in [6, 6.07) is 29.2. The van der Waals surface area contributed by atoms with Crippen LogP contribution in [0.2, 0.25) is 5.02 Å². The van der Waals surface area contributed by atoms with E-state index in [2.05, 4.69) is 17.1 Å². The second-order valence-corrected chi connectivity index (χ2v) is 13.4. The average molecular weight is 668 g/mol. The van der Waals surface area contributed by atoms with Gasteiger partial charge < -0.3 is 9.84 Å². The zero-order valence-electron chi connectivity index (χ0n) is 25.1. The number of hydrogen-bond acceptors (Lipinski definition) is 8. The van der Waals surface area contributed by atoms with Gasteiger partial charge in [-0.2, -0.15) is 0 Å². The predicted molar refractivity (Wildman–Crippen MR) is 183 cm³/mol. The van der Waals surface area contributed by atoms with E-state index in [1.54, 1.807) is 24.3 Å². The number of carbonyl (C=O) groups is 2. The first-order valence-electron chi connectivity index (χ1n) is 14.7. The molecule has 0 radical (unpaired) electrons. The maximum Gasteiger partial charge on any atom is 0.301 e. The number of thioether (sulfide) groups is 1. The second-order valence-electron chi connectivity index (χ2n) is 10.8. The second kappa shape index (κ2) is 13.9. The molecule has 1 aliphatic heterocycles. The van der Waals surface area contributed by atoms with Gasteiger partial charge in [0.2, 0.25) is 5.13 Å². The lowest BCUT2D eigenvalue weighted by Crippen LogP contribution is -2.29. The van der Waals surface area contributed by atoms with E-state index in [1.807, 2.05) is 79.7 Å². The molecule has 1 aromatic heterocycles. The van der Waals surface area contributed by atoms with Crippen molar-refractivity contribution >= 4 is 57.3 Å². The largest absolute Gasteiger partial charge is 0.507 e. The molecule has 4 aromatic carbocycles. The fourth-order valence-electron chi connectivity index (χ4n) is 5.16. The Labute approximate surface area is 280 Å². The molecule has 5 aromatic rings. The maximum atomic E-state index is 13.6. The summed E-state index contributed by atoms with van der Waals surface area (Å²) in [7, 11) is 0. The number of ether oxygens (including phenoxy) is 1. The van der Waals surface area contributed by atoms with E-state index in [4.69, 9.17) is 16.3 Å². The molecule has 1 unspecified atom stereocenters. The zero-order valence-corrected chi connectivity index (χ0v) is 27.5. The number of aryl methyl sites for hydroxylation is 2. The van der Waals surface area contributed by atoms with E-state index in [1.165, 1.54) is 28.0 Å². The van der Waals surface area contributed by atoms with Gasteiger partial charge in [0.05, 0.1) is 11.6 Å². The number of Topliss-reactive ketones (excluding diaryl/α,β-unsaturated/α-hetero) is 1. The number of benzene rings is 4. The number of halogens is 1. The van der Waals surface area contributed by atoms with Crippen LogP contribution in [0, 0.1) is 6.92 Å². The number of ketones is 1.